The third kappa shape index (κ3) is 39.5. The summed E-state index contributed by atoms with van der Waals surface area (Å²) in [5.74, 6) is -0.140. The van der Waals surface area contributed by atoms with Crippen molar-refractivity contribution in [3.63, 3.8) is 0 Å². The Balaban J connectivity index is 4.30. The Morgan fingerprint density at radius 2 is 0.906 bits per heavy atom. The predicted molar refractivity (Wildman–Crippen MR) is 226 cm³/mol. The molecule has 0 rings (SSSR count). The molecule has 0 aromatic carbocycles. The van der Waals surface area contributed by atoms with Gasteiger partial charge in [0.25, 0.3) is 0 Å². The van der Waals surface area contributed by atoms with E-state index in [-0.39, 0.29) is 19.1 Å². The minimum atomic E-state index is -4.31. The van der Waals surface area contributed by atoms with Crippen molar-refractivity contribution in [1.29, 1.82) is 0 Å². The number of phosphoric ester groups is 1. The number of phosphoric acid groups is 1. The SMILES string of the molecule is CCCCCCCCCCCCCCCCCCCC(=O)N[C@@H](COP(=O)(O)OCC[N+](C)(C)C)[C@H](O)CCCCCCCCCCCCCCCC. The van der Waals surface area contributed by atoms with Gasteiger partial charge in [0.15, 0.2) is 0 Å². The molecule has 0 aliphatic heterocycles. The molecule has 1 amide bonds. The number of amides is 1. The van der Waals surface area contributed by atoms with E-state index < -0.39 is 20.0 Å². The summed E-state index contributed by atoms with van der Waals surface area (Å²) >= 11 is 0. The maximum absolute atomic E-state index is 12.9. The summed E-state index contributed by atoms with van der Waals surface area (Å²) in [7, 11) is 1.63. The highest BCUT2D eigenvalue weighted by Crippen LogP contribution is 2.43. The van der Waals surface area contributed by atoms with E-state index in [1.54, 1.807) is 0 Å². The van der Waals surface area contributed by atoms with Crippen molar-refractivity contribution in [1.82, 2.24) is 5.32 Å². The number of carbonyl (C=O) groups is 1. The van der Waals surface area contributed by atoms with Crippen LogP contribution in [0.25, 0.3) is 0 Å². The second-order valence-electron chi connectivity index (χ2n) is 17.1. The second-order valence-corrected chi connectivity index (χ2v) is 18.6. The summed E-state index contributed by atoms with van der Waals surface area (Å²) in [5.41, 5.74) is 0. The lowest BCUT2D eigenvalue weighted by Gasteiger charge is -2.26. The minimum absolute atomic E-state index is 0.0786. The lowest BCUT2D eigenvalue weighted by molar-refractivity contribution is -0.870. The van der Waals surface area contributed by atoms with Gasteiger partial charge in [-0.05, 0) is 12.8 Å². The first-order chi connectivity index (χ1) is 25.5. The van der Waals surface area contributed by atoms with Gasteiger partial charge in [-0.15, -0.1) is 0 Å². The molecule has 9 heteroatoms. The van der Waals surface area contributed by atoms with Crippen LogP contribution in [0.3, 0.4) is 0 Å². The summed E-state index contributed by atoms with van der Waals surface area (Å²) < 4.78 is 23.6. The zero-order valence-corrected chi connectivity index (χ0v) is 36.9. The van der Waals surface area contributed by atoms with Gasteiger partial charge in [-0.3, -0.25) is 13.8 Å². The molecule has 0 radical (unpaired) electrons. The van der Waals surface area contributed by atoms with Crippen LogP contribution >= 0.6 is 7.82 Å². The Morgan fingerprint density at radius 3 is 1.26 bits per heavy atom. The Kier molecular flexibility index (Phi) is 36.7. The lowest BCUT2D eigenvalue weighted by Crippen LogP contribution is -2.46. The van der Waals surface area contributed by atoms with E-state index in [2.05, 4.69) is 19.2 Å². The molecule has 53 heavy (non-hydrogen) atoms. The van der Waals surface area contributed by atoms with Crippen molar-refractivity contribution in [2.75, 3.05) is 40.9 Å². The summed E-state index contributed by atoms with van der Waals surface area (Å²) in [6.45, 7) is 4.91. The van der Waals surface area contributed by atoms with Gasteiger partial charge in [0, 0.05) is 6.42 Å². The first-order valence-electron chi connectivity index (χ1n) is 22.9. The van der Waals surface area contributed by atoms with E-state index >= 15 is 0 Å². The maximum Gasteiger partial charge on any atom is 0.472 e. The van der Waals surface area contributed by atoms with Gasteiger partial charge in [0.2, 0.25) is 5.91 Å². The van der Waals surface area contributed by atoms with Crippen LogP contribution in [0.15, 0.2) is 0 Å². The molecule has 3 atom stereocenters. The molecular formula is C44H92N2O6P+. The van der Waals surface area contributed by atoms with Crippen molar-refractivity contribution >= 4 is 13.7 Å². The average molecular weight is 776 g/mol. The monoisotopic (exact) mass is 776 g/mol. The van der Waals surface area contributed by atoms with Crippen LogP contribution in [0.4, 0.5) is 0 Å². The Morgan fingerprint density at radius 1 is 0.566 bits per heavy atom. The van der Waals surface area contributed by atoms with Crippen LogP contribution in [-0.4, -0.2) is 73.4 Å². The highest BCUT2D eigenvalue weighted by atomic mass is 31.2. The van der Waals surface area contributed by atoms with E-state index in [9.17, 15) is 19.4 Å². The zero-order chi connectivity index (χ0) is 39.3. The minimum Gasteiger partial charge on any atom is -0.391 e. The quantitative estimate of drug-likeness (QED) is 0.0324. The van der Waals surface area contributed by atoms with E-state index in [0.29, 0.717) is 23.9 Å². The van der Waals surface area contributed by atoms with Crippen LogP contribution in [0.2, 0.25) is 0 Å². The molecule has 0 aromatic rings. The first kappa shape index (κ1) is 52.5. The number of likely N-dealkylation sites (N-methyl/N-ethyl adjacent to an activating group) is 1. The zero-order valence-electron chi connectivity index (χ0n) is 36.0. The molecule has 1 unspecified atom stereocenters. The van der Waals surface area contributed by atoms with Crippen molar-refractivity contribution < 1.29 is 32.9 Å². The lowest BCUT2D eigenvalue weighted by atomic mass is 10.0. The molecule has 0 fully saturated rings. The fourth-order valence-electron chi connectivity index (χ4n) is 6.93. The van der Waals surface area contributed by atoms with Gasteiger partial charge in [0.05, 0.1) is 39.9 Å². The molecular weight excluding hydrogens is 683 g/mol. The van der Waals surface area contributed by atoms with Crippen LogP contribution < -0.4 is 5.32 Å². The van der Waals surface area contributed by atoms with E-state index in [4.69, 9.17) is 9.05 Å². The first-order valence-corrected chi connectivity index (χ1v) is 24.4. The topological polar surface area (TPSA) is 105 Å². The van der Waals surface area contributed by atoms with Crippen molar-refractivity contribution in [2.45, 2.75) is 238 Å². The van der Waals surface area contributed by atoms with Crippen molar-refractivity contribution in [3.05, 3.63) is 0 Å². The van der Waals surface area contributed by atoms with Gasteiger partial charge in [-0.2, -0.15) is 0 Å². The molecule has 3 N–H and O–H groups in total. The molecule has 0 bridgehead atoms. The summed E-state index contributed by atoms with van der Waals surface area (Å²) in [6.07, 6.45) is 39.8. The number of nitrogens with one attached hydrogen (secondary N) is 1. The number of carbonyl (C=O) groups excluding carboxylic acids is 1. The van der Waals surface area contributed by atoms with Gasteiger partial charge in [-0.25, -0.2) is 4.57 Å². The average Bonchev–Trinajstić information content (AvgIpc) is 3.10. The maximum atomic E-state index is 12.9. The number of hydrogen-bond donors (Lipinski definition) is 3. The van der Waals surface area contributed by atoms with Crippen LogP contribution in [0.1, 0.15) is 226 Å². The third-order valence-corrected chi connectivity index (χ3v) is 11.6. The second kappa shape index (κ2) is 37.1. The van der Waals surface area contributed by atoms with Crippen molar-refractivity contribution in [3.8, 4) is 0 Å². The number of quaternary nitrogens is 1. The van der Waals surface area contributed by atoms with Crippen LogP contribution in [0, 0.1) is 0 Å². The number of rotatable bonds is 42. The standard InChI is InChI=1S/C44H91N2O6P/c1-6-8-10-12-14-16-18-20-22-23-24-26-28-30-32-34-36-38-44(48)45-42(41-52-53(49,50)51-40-39-46(3,4)5)43(47)37-35-33-31-29-27-25-21-19-17-15-13-11-9-7-2/h42-43,47H,6-41H2,1-5H3,(H-,45,48,49,50)/p+1/t42-,43+/m0/s1. The Bertz CT molecular complexity index is 839. The third-order valence-electron chi connectivity index (χ3n) is 10.6. The highest BCUT2D eigenvalue weighted by molar-refractivity contribution is 7.47. The van der Waals surface area contributed by atoms with E-state index in [1.807, 2.05) is 21.1 Å². The number of hydrogen-bond acceptors (Lipinski definition) is 5. The highest BCUT2D eigenvalue weighted by Gasteiger charge is 2.28. The summed E-state index contributed by atoms with van der Waals surface area (Å²) in [6, 6.07) is -0.752. The molecule has 8 nitrogen and oxygen atoms in total. The van der Waals surface area contributed by atoms with E-state index in [1.165, 1.54) is 161 Å². The molecule has 318 valence electrons. The number of aliphatic hydroxyl groups excluding tert-OH is 1. The van der Waals surface area contributed by atoms with Gasteiger partial charge in [-0.1, -0.05) is 206 Å². The number of nitrogens with zero attached hydrogens (tertiary/aromatic N) is 1. The number of unbranched alkanes of at least 4 members (excludes halogenated alkanes) is 29. The van der Waals surface area contributed by atoms with Crippen LogP contribution in [-0.2, 0) is 18.4 Å². The smallest absolute Gasteiger partial charge is 0.391 e. The number of aliphatic hydroxyl groups is 1. The fourth-order valence-corrected chi connectivity index (χ4v) is 7.67. The molecule has 0 saturated carbocycles. The summed E-state index contributed by atoms with van der Waals surface area (Å²) in [4.78, 5) is 23.1. The van der Waals surface area contributed by atoms with Gasteiger partial charge >= 0.3 is 7.82 Å². The van der Waals surface area contributed by atoms with E-state index in [0.717, 1.165) is 38.5 Å². The molecule has 0 spiro atoms. The predicted octanol–water partition coefficient (Wildman–Crippen LogP) is 12.6. The Labute approximate surface area is 329 Å². The molecule has 0 saturated heterocycles. The van der Waals surface area contributed by atoms with Gasteiger partial charge < -0.3 is 19.8 Å². The fraction of sp³-hybridized carbons (Fsp3) is 0.977. The molecule has 0 aliphatic rings. The normalized spacial score (nSPS) is 14.3. The summed E-state index contributed by atoms with van der Waals surface area (Å²) in [5, 5.41) is 14.0. The van der Waals surface area contributed by atoms with Gasteiger partial charge in [0.1, 0.15) is 13.2 Å². The largest absolute Gasteiger partial charge is 0.472 e. The Hall–Kier alpha value is -0.500. The molecule has 0 aliphatic carbocycles. The molecule has 0 aromatic heterocycles. The molecule has 0 heterocycles. The van der Waals surface area contributed by atoms with Crippen molar-refractivity contribution in [2.24, 2.45) is 0 Å². The van der Waals surface area contributed by atoms with Crippen LogP contribution in [0.5, 0.6) is 0 Å².